The van der Waals surface area contributed by atoms with Crippen LogP contribution in [0.1, 0.15) is 30.9 Å². The summed E-state index contributed by atoms with van der Waals surface area (Å²) < 4.78 is 12.1. The van der Waals surface area contributed by atoms with Gasteiger partial charge in [-0.3, -0.25) is 4.79 Å². The molecule has 0 N–H and O–H groups in total. The van der Waals surface area contributed by atoms with Crippen molar-refractivity contribution in [1.29, 1.82) is 0 Å². The van der Waals surface area contributed by atoms with Crippen molar-refractivity contribution in [1.82, 2.24) is 4.90 Å². The number of hydrogen-bond donors (Lipinski definition) is 0. The summed E-state index contributed by atoms with van der Waals surface area (Å²) in [4.78, 5) is 14.9. The van der Waals surface area contributed by atoms with Gasteiger partial charge in [0.1, 0.15) is 11.9 Å². The molecule has 1 aliphatic carbocycles. The number of ether oxygens (including phenoxy) is 2. The van der Waals surface area contributed by atoms with E-state index in [0.717, 1.165) is 34.2 Å². The van der Waals surface area contributed by atoms with E-state index in [1.54, 1.807) is 7.11 Å². The maximum Gasteiger partial charge on any atom is 0.251 e. The van der Waals surface area contributed by atoms with Crippen molar-refractivity contribution in [3.8, 4) is 5.75 Å². The third-order valence-corrected chi connectivity index (χ3v) is 4.99. The minimum absolute atomic E-state index is 0.0513. The molecule has 1 fully saturated rings. The van der Waals surface area contributed by atoms with E-state index in [2.05, 4.69) is 28.1 Å². The zero-order valence-electron chi connectivity index (χ0n) is 15.2. The Balaban J connectivity index is 1.61. The highest BCUT2D eigenvalue weighted by atomic mass is 79.9. The largest absolute Gasteiger partial charge is 0.497 e. The molecule has 3 rings (SSSR count). The molecule has 1 unspecified atom stereocenters. The van der Waals surface area contributed by atoms with Crippen molar-refractivity contribution in [2.75, 3.05) is 7.11 Å². The zero-order chi connectivity index (χ0) is 18.5. The van der Waals surface area contributed by atoms with Gasteiger partial charge >= 0.3 is 0 Å². The molecular formula is C21H24BrNO3. The predicted molar refractivity (Wildman–Crippen MR) is 105 cm³/mol. The topological polar surface area (TPSA) is 38.8 Å². The van der Waals surface area contributed by atoms with Crippen LogP contribution in [0.25, 0.3) is 0 Å². The van der Waals surface area contributed by atoms with E-state index < -0.39 is 6.10 Å². The van der Waals surface area contributed by atoms with Crippen molar-refractivity contribution in [3.63, 3.8) is 0 Å². The number of amides is 1. The van der Waals surface area contributed by atoms with Gasteiger partial charge in [-0.1, -0.05) is 40.2 Å². The standard InChI is InChI=1S/C21H24BrNO3/c1-15(26-14-17-6-4-8-20(12-17)25-2)21(24)23(19-9-10-19)13-16-5-3-7-18(22)11-16/h3-8,11-12,15,19H,9-10,13-14H2,1-2H3. The third-order valence-electron chi connectivity index (χ3n) is 4.49. The number of rotatable bonds is 8. The first-order valence-corrected chi connectivity index (χ1v) is 9.65. The second-order valence-corrected chi connectivity index (χ2v) is 7.55. The van der Waals surface area contributed by atoms with Crippen molar-refractivity contribution >= 4 is 21.8 Å². The number of halogens is 1. The van der Waals surface area contributed by atoms with Gasteiger partial charge in [0.05, 0.1) is 13.7 Å². The van der Waals surface area contributed by atoms with Gasteiger partial charge in [0, 0.05) is 17.1 Å². The summed E-state index contributed by atoms with van der Waals surface area (Å²) in [6, 6.07) is 16.2. The SMILES string of the molecule is COc1cccc(COC(C)C(=O)N(Cc2cccc(Br)c2)C2CC2)c1. The number of methoxy groups -OCH3 is 1. The number of benzene rings is 2. The summed E-state index contributed by atoms with van der Waals surface area (Å²) in [5.41, 5.74) is 2.12. The lowest BCUT2D eigenvalue weighted by Gasteiger charge is -2.26. The molecule has 0 saturated heterocycles. The summed E-state index contributed by atoms with van der Waals surface area (Å²) in [6.07, 6.45) is 1.67. The van der Waals surface area contributed by atoms with E-state index in [4.69, 9.17) is 9.47 Å². The summed E-state index contributed by atoms with van der Waals surface area (Å²) in [7, 11) is 1.64. The quantitative estimate of drug-likeness (QED) is 0.631. The van der Waals surface area contributed by atoms with Gasteiger partial charge in [-0.05, 0) is 55.2 Å². The molecule has 1 amide bonds. The Bertz CT molecular complexity index is 760. The highest BCUT2D eigenvalue weighted by Gasteiger charge is 2.34. The molecule has 138 valence electrons. The Labute approximate surface area is 163 Å². The van der Waals surface area contributed by atoms with Crippen LogP contribution in [0.2, 0.25) is 0 Å². The highest BCUT2D eigenvalue weighted by Crippen LogP contribution is 2.30. The van der Waals surface area contributed by atoms with Crippen LogP contribution >= 0.6 is 15.9 Å². The summed E-state index contributed by atoms with van der Waals surface area (Å²) in [5, 5.41) is 0. The maximum absolute atomic E-state index is 12.9. The molecule has 0 aliphatic heterocycles. The lowest BCUT2D eigenvalue weighted by atomic mass is 10.2. The Hall–Kier alpha value is -1.85. The van der Waals surface area contributed by atoms with E-state index in [-0.39, 0.29) is 5.91 Å². The molecule has 1 aliphatic rings. The smallest absolute Gasteiger partial charge is 0.251 e. The van der Waals surface area contributed by atoms with E-state index in [9.17, 15) is 4.79 Å². The monoisotopic (exact) mass is 417 g/mol. The molecule has 4 nitrogen and oxygen atoms in total. The average molecular weight is 418 g/mol. The highest BCUT2D eigenvalue weighted by molar-refractivity contribution is 9.10. The Morgan fingerprint density at radius 1 is 1.19 bits per heavy atom. The first-order valence-electron chi connectivity index (χ1n) is 8.86. The zero-order valence-corrected chi connectivity index (χ0v) is 16.7. The first kappa shape index (κ1) is 18.9. The van der Waals surface area contributed by atoms with Gasteiger partial charge in [0.2, 0.25) is 0 Å². The molecule has 2 aromatic rings. The normalized spacial score (nSPS) is 14.7. The minimum Gasteiger partial charge on any atom is -0.497 e. The van der Waals surface area contributed by atoms with E-state index >= 15 is 0 Å². The van der Waals surface area contributed by atoms with Gasteiger partial charge in [-0.25, -0.2) is 0 Å². The van der Waals surface area contributed by atoms with Crippen LogP contribution in [0.15, 0.2) is 53.0 Å². The van der Waals surface area contributed by atoms with Crippen LogP contribution in [-0.4, -0.2) is 30.1 Å². The van der Waals surface area contributed by atoms with Crippen LogP contribution < -0.4 is 4.74 Å². The Morgan fingerprint density at radius 2 is 1.92 bits per heavy atom. The first-order chi connectivity index (χ1) is 12.6. The van der Waals surface area contributed by atoms with Gasteiger partial charge < -0.3 is 14.4 Å². The van der Waals surface area contributed by atoms with Crippen LogP contribution in [0, 0.1) is 0 Å². The number of nitrogens with zero attached hydrogens (tertiary/aromatic N) is 1. The van der Waals surface area contributed by atoms with Crippen LogP contribution in [0.3, 0.4) is 0 Å². The van der Waals surface area contributed by atoms with Gasteiger partial charge in [-0.2, -0.15) is 0 Å². The van der Waals surface area contributed by atoms with Crippen molar-refractivity contribution in [3.05, 3.63) is 64.1 Å². The molecule has 0 aromatic heterocycles. The molecule has 0 radical (unpaired) electrons. The van der Waals surface area contributed by atoms with Gasteiger partial charge in [-0.15, -0.1) is 0 Å². The predicted octanol–water partition coefficient (Wildman–Crippen LogP) is 4.55. The van der Waals surface area contributed by atoms with Gasteiger partial charge in [0.15, 0.2) is 0 Å². The second kappa shape index (κ2) is 8.69. The molecule has 26 heavy (non-hydrogen) atoms. The van der Waals surface area contributed by atoms with Crippen molar-refractivity contribution in [2.45, 2.75) is 45.1 Å². The molecular weight excluding hydrogens is 394 g/mol. The molecule has 1 saturated carbocycles. The number of carbonyl (C=O) groups is 1. The lowest BCUT2D eigenvalue weighted by molar-refractivity contribution is -0.144. The molecule has 1 atom stereocenters. The molecule has 0 heterocycles. The Kier molecular flexibility index (Phi) is 6.33. The van der Waals surface area contributed by atoms with Crippen LogP contribution in [-0.2, 0) is 22.7 Å². The fraction of sp³-hybridized carbons (Fsp3) is 0.381. The molecule has 5 heteroatoms. The van der Waals surface area contributed by atoms with E-state index in [0.29, 0.717) is 19.2 Å². The van der Waals surface area contributed by atoms with Gasteiger partial charge in [0.25, 0.3) is 5.91 Å². The van der Waals surface area contributed by atoms with Crippen LogP contribution in [0.5, 0.6) is 5.75 Å². The van der Waals surface area contributed by atoms with E-state index in [1.807, 2.05) is 48.2 Å². The fourth-order valence-corrected chi connectivity index (χ4v) is 3.34. The average Bonchev–Trinajstić information content (AvgIpc) is 3.49. The van der Waals surface area contributed by atoms with E-state index in [1.165, 1.54) is 0 Å². The summed E-state index contributed by atoms with van der Waals surface area (Å²) >= 11 is 3.49. The Morgan fingerprint density at radius 3 is 2.62 bits per heavy atom. The molecule has 0 bridgehead atoms. The number of carbonyl (C=O) groups excluding carboxylic acids is 1. The summed E-state index contributed by atoms with van der Waals surface area (Å²) in [6.45, 7) is 2.84. The summed E-state index contributed by atoms with van der Waals surface area (Å²) in [5.74, 6) is 0.842. The minimum atomic E-state index is -0.478. The maximum atomic E-state index is 12.9. The van der Waals surface area contributed by atoms with Crippen molar-refractivity contribution in [2.24, 2.45) is 0 Å². The molecule has 2 aromatic carbocycles. The lowest BCUT2D eigenvalue weighted by Crippen LogP contribution is -2.40. The number of hydrogen-bond acceptors (Lipinski definition) is 3. The third kappa shape index (κ3) is 5.08. The van der Waals surface area contributed by atoms with Crippen molar-refractivity contribution < 1.29 is 14.3 Å². The fourth-order valence-electron chi connectivity index (χ4n) is 2.89. The van der Waals surface area contributed by atoms with Crippen LogP contribution in [0.4, 0.5) is 0 Å². The molecule has 0 spiro atoms. The second-order valence-electron chi connectivity index (χ2n) is 6.63.